The Kier molecular flexibility index (Phi) is 19.2. The number of carbonyl (C=O) groups excluding carboxylic acids is 4. The Morgan fingerprint density at radius 2 is 1.50 bits per heavy atom. The van der Waals surface area contributed by atoms with Gasteiger partial charge in [0, 0.05) is 30.8 Å². The van der Waals surface area contributed by atoms with Crippen molar-refractivity contribution >= 4 is 29.5 Å². The Morgan fingerprint density at radius 3 is 2.15 bits per heavy atom. The van der Waals surface area contributed by atoms with Crippen LogP contribution in [0.15, 0.2) is 30.3 Å². The Hall–Kier alpha value is -3.64. The van der Waals surface area contributed by atoms with Crippen molar-refractivity contribution in [2.75, 3.05) is 46.2 Å². The van der Waals surface area contributed by atoms with Crippen molar-refractivity contribution in [3.63, 3.8) is 0 Å². The molecule has 0 saturated heterocycles. The van der Waals surface area contributed by atoms with Crippen LogP contribution in [0.1, 0.15) is 97.5 Å². The molecule has 4 aliphatic carbocycles. The maximum Gasteiger partial charge on any atom is 0.490 e. The number of carbonyl (C=O) groups is 5. The molecule has 0 heterocycles. The van der Waals surface area contributed by atoms with Crippen LogP contribution in [-0.2, 0) is 49.3 Å². The lowest BCUT2D eigenvalue weighted by molar-refractivity contribution is -0.192. The first-order chi connectivity index (χ1) is 29.3. The van der Waals surface area contributed by atoms with Crippen LogP contribution in [0.5, 0.6) is 0 Å². The van der Waals surface area contributed by atoms with Gasteiger partial charge in [0.1, 0.15) is 30.6 Å². The lowest BCUT2D eigenvalue weighted by Gasteiger charge is -2.60. The molecule has 4 fully saturated rings. The van der Waals surface area contributed by atoms with Crippen LogP contribution in [0.4, 0.5) is 13.2 Å². The van der Waals surface area contributed by atoms with Gasteiger partial charge in [0.25, 0.3) is 5.91 Å². The molecular weight excluding hydrogens is 815 g/mol. The molecule has 5 rings (SSSR count). The van der Waals surface area contributed by atoms with Crippen LogP contribution in [0.25, 0.3) is 0 Å². The predicted octanol–water partition coefficient (Wildman–Crippen LogP) is 4.77. The molecule has 0 bridgehead atoms. The molecule has 0 spiro atoms. The van der Waals surface area contributed by atoms with Crippen molar-refractivity contribution in [1.82, 2.24) is 10.6 Å². The van der Waals surface area contributed by atoms with E-state index in [0.29, 0.717) is 62.1 Å². The van der Waals surface area contributed by atoms with E-state index in [2.05, 4.69) is 24.5 Å². The summed E-state index contributed by atoms with van der Waals surface area (Å²) in [5, 5.41) is 23.1. The fourth-order valence-corrected chi connectivity index (χ4v) is 10.5. The van der Waals surface area contributed by atoms with Gasteiger partial charge in [0.05, 0.1) is 33.0 Å². The van der Waals surface area contributed by atoms with Crippen molar-refractivity contribution in [3.05, 3.63) is 35.9 Å². The number of hydrogen-bond acceptors (Lipinski definition) is 11. The summed E-state index contributed by atoms with van der Waals surface area (Å²) in [6, 6.07) is 7.75. The van der Waals surface area contributed by atoms with E-state index in [-0.39, 0.29) is 61.1 Å². The highest BCUT2D eigenvalue weighted by Gasteiger charge is 2.61. The fourth-order valence-electron chi connectivity index (χ4n) is 10.5. The fraction of sp³-hybridized carbons (Fsp3) is 0.756. The smallest absolute Gasteiger partial charge is 0.475 e. The average molecular weight is 884 g/mol. The maximum atomic E-state index is 12.9. The number of benzene rings is 1. The number of nitrogens with one attached hydrogen (secondary N) is 2. The van der Waals surface area contributed by atoms with Gasteiger partial charge in [-0.05, 0) is 98.4 Å². The third-order valence-corrected chi connectivity index (χ3v) is 13.7. The molecule has 6 N–H and O–H groups in total. The van der Waals surface area contributed by atoms with E-state index in [1.54, 1.807) is 0 Å². The zero-order valence-corrected chi connectivity index (χ0v) is 36.6. The summed E-state index contributed by atoms with van der Waals surface area (Å²) in [6.07, 6.45) is 3.26. The van der Waals surface area contributed by atoms with E-state index in [9.17, 15) is 37.5 Å². The van der Waals surface area contributed by atoms with Gasteiger partial charge in [-0.1, -0.05) is 58.0 Å². The number of aliphatic hydroxyl groups is 1. The summed E-state index contributed by atoms with van der Waals surface area (Å²) in [5.41, 5.74) is 7.29. The van der Waals surface area contributed by atoms with Gasteiger partial charge in [-0.25, -0.2) is 9.59 Å². The lowest BCUT2D eigenvalue weighted by atomic mass is 9.45. The molecule has 10 unspecified atom stereocenters. The van der Waals surface area contributed by atoms with E-state index in [1.165, 1.54) is 6.42 Å². The Morgan fingerprint density at radius 1 is 0.871 bits per heavy atom. The summed E-state index contributed by atoms with van der Waals surface area (Å²) in [5.74, 6) is -1.09. The number of halogens is 3. The molecular formula is C45H68F3N3O11. The molecule has 17 heteroatoms. The van der Waals surface area contributed by atoms with Gasteiger partial charge in [-0.15, -0.1) is 0 Å². The van der Waals surface area contributed by atoms with Crippen molar-refractivity contribution in [2.45, 2.75) is 129 Å². The number of fused-ring (bicyclic) bond motifs is 5. The summed E-state index contributed by atoms with van der Waals surface area (Å²) >= 11 is 0. The number of carboxylic acids is 1. The molecule has 4 aliphatic rings. The number of nitrogens with two attached hydrogens (primary N) is 1. The SMILES string of the molecule is CC(C)CC(NC(=O)C(O)C(N)Cc1ccccc1)C(=O)NCCOCCOCCOCC(=O)OC1CCC2C3CCC4CC(=O)CCC4(C)C3CCC12C.O=C(O)C(F)(F)F. The minimum atomic E-state index is -5.08. The van der Waals surface area contributed by atoms with Gasteiger partial charge in [0.2, 0.25) is 5.91 Å². The summed E-state index contributed by atoms with van der Waals surface area (Å²) in [4.78, 5) is 59.6. The van der Waals surface area contributed by atoms with Crippen molar-refractivity contribution < 1.29 is 66.3 Å². The van der Waals surface area contributed by atoms with Gasteiger partial charge in [-0.3, -0.25) is 14.4 Å². The Balaban J connectivity index is 0.00000111. The standard InChI is InChI=1S/C43H67N3O9.C2HF3O2/c1-28(2)24-36(46-41(51)39(49)35(44)25-29-8-6-5-7-9-29)40(50)45-18-19-52-20-21-53-22-23-54-27-38(48)55-37-13-12-33-32-11-10-30-26-31(47)14-16-42(30,3)34(32)15-17-43(33,37)4;3-2(4,5)1(6)7/h5-9,28,30,32-37,39,49H,10-27,44H2,1-4H3,(H,45,50)(H,46,51);(H,6,7). The number of ketones is 1. The zero-order chi connectivity index (χ0) is 45.7. The third kappa shape index (κ3) is 14.2. The van der Waals surface area contributed by atoms with Gasteiger partial charge >= 0.3 is 18.1 Å². The van der Waals surface area contributed by atoms with Crippen LogP contribution in [0.2, 0.25) is 0 Å². The number of alkyl halides is 3. The Labute approximate surface area is 362 Å². The van der Waals surface area contributed by atoms with Crippen molar-refractivity contribution in [1.29, 1.82) is 0 Å². The van der Waals surface area contributed by atoms with Crippen LogP contribution in [0.3, 0.4) is 0 Å². The number of ether oxygens (including phenoxy) is 4. The van der Waals surface area contributed by atoms with E-state index in [4.69, 9.17) is 34.6 Å². The number of carboxylic acid groups (broad SMARTS) is 1. The van der Waals surface area contributed by atoms with E-state index >= 15 is 0 Å². The highest BCUT2D eigenvalue weighted by molar-refractivity contribution is 5.89. The Bertz CT molecular complexity index is 1630. The quantitative estimate of drug-likeness (QED) is 0.0886. The second kappa shape index (κ2) is 23.3. The molecule has 62 heavy (non-hydrogen) atoms. The van der Waals surface area contributed by atoms with Crippen LogP contribution in [-0.4, -0.2) is 116 Å². The number of Topliss-reactive ketones (excluding diaryl/α,β-unsaturated/α-hetero) is 1. The molecule has 1 aromatic carbocycles. The molecule has 10 atom stereocenters. The summed E-state index contributed by atoms with van der Waals surface area (Å²) in [7, 11) is 0. The number of aliphatic hydroxyl groups excluding tert-OH is 1. The first-order valence-corrected chi connectivity index (χ1v) is 22.1. The van der Waals surface area contributed by atoms with Crippen LogP contribution in [0, 0.1) is 40.4 Å². The highest BCUT2D eigenvalue weighted by Crippen LogP contribution is 2.66. The number of esters is 1. The monoisotopic (exact) mass is 883 g/mol. The predicted molar refractivity (Wildman–Crippen MR) is 221 cm³/mol. The summed E-state index contributed by atoms with van der Waals surface area (Å²) < 4.78 is 54.5. The van der Waals surface area contributed by atoms with Crippen molar-refractivity contribution in [3.8, 4) is 0 Å². The minimum Gasteiger partial charge on any atom is -0.475 e. The highest BCUT2D eigenvalue weighted by atomic mass is 19.4. The molecule has 2 amide bonds. The molecule has 0 aromatic heterocycles. The van der Waals surface area contributed by atoms with E-state index < -0.39 is 36.2 Å². The molecule has 4 saturated carbocycles. The lowest BCUT2D eigenvalue weighted by Crippen LogP contribution is -2.54. The second-order valence-corrected chi connectivity index (χ2v) is 18.4. The largest absolute Gasteiger partial charge is 0.490 e. The van der Waals surface area contributed by atoms with Gasteiger partial charge in [0.15, 0.2) is 0 Å². The summed E-state index contributed by atoms with van der Waals surface area (Å²) in [6.45, 7) is 10.3. The number of aliphatic carboxylic acids is 1. The third-order valence-electron chi connectivity index (χ3n) is 13.7. The van der Waals surface area contributed by atoms with Crippen LogP contribution >= 0.6 is 0 Å². The molecule has 0 radical (unpaired) electrons. The first-order valence-electron chi connectivity index (χ1n) is 22.1. The topological polar surface area (TPSA) is 213 Å². The van der Waals surface area contributed by atoms with Gasteiger partial charge in [-0.2, -0.15) is 13.2 Å². The molecule has 14 nitrogen and oxygen atoms in total. The van der Waals surface area contributed by atoms with Crippen LogP contribution < -0.4 is 16.4 Å². The number of rotatable bonds is 20. The number of amides is 2. The molecule has 350 valence electrons. The molecule has 0 aliphatic heterocycles. The van der Waals surface area contributed by atoms with E-state index in [1.807, 2.05) is 44.2 Å². The number of hydrogen-bond donors (Lipinski definition) is 5. The maximum absolute atomic E-state index is 12.9. The average Bonchev–Trinajstić information content (AvgIpc) is 3.54. The normalized spacial score (nSPS) is 28.2. The van der Waals surface area contributed by atoms with E-state index in [0.717, 1.165) is 56.9 Å². The second-order valence-electron chi connectivity index (χ2n) is 18.4. The van der Waals surface area contributed by atoms with Gasteiger partial charge < -0.3 is 45.5 Å². The zero-order valence-electron chi connectivity index (χ0n) is 36.6. The first kappa shape index (κ1) is 51.0. The minimum absolute atomic E-state index is 0.00306. The molecule has 1 aromatic rings. The van der Waals surface area contributed by atoms with Crippen molar-refractivity contribution in [2.24, 2.45) is 46.2 Å².